The Morgan fingerprint density at radius 2 is 1.27 bits per heavy atom. The van der Waals surface area contributed by atoms with Gasteiger partial charge in [0.2, 0.25) is 0 Å². The fourth-order valence-corrected chi connectivity index (χ4v) is 8.20. The molecule has 3 nitrogen and oxygen atoms in total. The van der Waals surface area contributed by atoms with Crippen LogP contribution in [0.1, 0.15) is 0 Å². The summed E-state index contributed by atoms with van der Waals surface area (Å²) in [5.74, 6) is 0. The van der Waals surface area contributed by atoms with Crippen LogP contribution in [0, 0.1) is 0 Å². The molecule has 7 aromatic carbocycles. The molecule has 4 heterocycles. The van der Waals surface area contributed by atoms with Gasteiger partial charge in [-0.05, 0) is 63.7 Å². The van der Waals surface area contributed by atoms with Crippen molar-refractivity contribution in [3.63, 3.8) is 0 Å². The molecule has 0 fully saturated rings. The Morgan fingerprint density at radius 3 is 2.16 bits per heavy atom. The summed E-state index contributed by atoms with van der Waals surface area (Å²) in [5, 5.41) is 7.39. The number of para-hydroxylation sites is 4. The van der Waals surface area contributed by atoms with Gasteiger partial charge in [-0.15, -0.1) is 0 Å². The molecule has 2 aliphatic rings. The summed E-state index contributed by atoms with van der Waals surface area (Å²) in [6.07, 6.45) is 0. The zero-order valence-electron chi connectivity index (χ0n) is 23.7. The molecule has 2 aliphatic heterocycles. The maximum absolute atomic E-state index is 6.67. The van der Waals surface area contributed by atoms with E-state index in [1.165, 1.54) is 71.4 Å². The van der Waals surface area contributed by atoms with Crippen molar-refractivity contribution in [2.45, 2.75) is 0 Å². The van der Waals surface area contributed by atoms with Gasteiger partial charge in [0.05, 0.1) is 11.1 Å². The Kier molecular flexibility index (Phi) is 4.15. The van der Waals surface area contributed by atoms with Gasteiger partial charge >= 0.3 is 6.85 Å². The number of benzene rings is 7. The van der Waals surface area contributed by atoms with Crippen LogP contribution in [0.2, 0.25) is 0 Å². The lowest BCUT2D eigenvalue weighted by Crippen LogP contribution is -2.56. The third-order valence-electron chi connectivity index (χ3n) is 9.90. The van der Waals surface area contributed by atoms with Crippen molar-refractivity contribution in [3.05, 3.63) is 140 Å². The lowest BCUT2D eigenvalue weighted by atomic mass is 9.44. The summed E-state index contributed by atoms with van der Waals surface area (Å²) in [6.45, 7) is -0.00469. The van der Waals surface area contributed by atoms with E-state index < -0.39 is 0 Å². The summed E-state index contributed by atoms with van der Waals surface area (Å²) < 4.78 is 9.29. The number of hydrogen-bond donors (Lipinski definition) is 0. The summed E-state index contributed by atoms with van der Waals surface area (Å²) in [4.78, 5) is 2.50. The first-order chi connectivity index (χ1) is 21.8. The number of rotatable bonds is 1. The van der Waals surface area contributed by atoms with Gasteiger partial charge in [-0.2, -0.15) is 0 Å². The first kappa shape index (κ1) is 22.8. The van der Waals surface area contributed by atoms with Crippen LogP contribution in [0.25, 0.3) is 65.6 Å². The number of aromatic nitrogens is 1. The highest BCUT2D eigenvalue weighted by atomic mass is 16.3. The molecule has 0 spiro atoms. The molecule has 0 N–H and O–H groups in total. The number of furan rings is 1. The maximum Gasteiger partial charge on any atom is 0.333 e. The van der Waals surface area contributed by atoms with E-state index in [-0.39, 0.29) is 6.85 Å². The maximum atomic E-state index is 6.67. The molecule has 0 amide bonds. The van der Waals surface area contributed by atoms with Gasteiger partial charge in [0.1, 0.15) is 11.2 Å². The standard InChI is InChI=1S/C40H23BN2O/c1-2-13-26(14-3-1)42-34-22-25-12-5-4-11-24(25)21-32(34)41-38-31(23-36-37(40(38)42)30-16-7-9-20-35(30)44-36)29-18-10-17-28-27-15-6-8-19-33(27)43(41)39(28)29/h1-23H. The van der Waals surface area contributed by atoms with E-state index in [1.807, 2.05) is 0 Å². The third kappa shape index (κ3) is 2.70. The molecular formula is C40H23BN2O. The van der Waals surface area contributed by atoms with E-state index in [2.05, 4.69) is 149 Å². The smallest absolute Gasteiger partial charge is 0.333 e. The van der Waals surface area contributed by atoms with E-state index in [9.17, 15) is 0 Å². The second-order valence-corrected chi connectivity index (χ2v) is 12.1. The molecule has 11 rings (SSSR count). The van der Waals surface area contributed by atoms with Gasteiger partial charge in [-0.1, -0.05) is 103 Å². The highest BCUT2D eigenvalue weighted by molar-refractivity contribution is 6.90. The first-order valence-corrected chi connectivity index (χ1v) is 15.2. The third-order valence-corrected chi connectivity index (χ3v) is 9.90. The number of fused-ring (bicyclic) bond motifs is 12. The molecule has 4 heteroatoms. The van der Waals surface area contributed by atoms with Crippen LogP contribution in [0.5, 0.6) is 0 Å². The second kappa shape index (κ2) is 8.00. The van der Waals surface area contributed by atoms with Gasteiger partial charge in [-0.3, -0.25) is 0 Å². The first-order valence-electron chi connectivity index (χ1n) is 15.2. The molecular weight excluding hydrogens is 535 g/mol. The molecule has 0 saturated carbocycles. The van der Waals surface area contributed by atoms with E-state index in [1.54, 1.807) is 0 Å². The topological polar surface area (TPSA) is 21.3 Å². The normalized spacial score (nSPS) is 13.4. The van der Waals surface area contributed by atoms with Crippen LogP contribution >= 0.6 is 0 Å². The van der Waals surface area contributed by atoms with Gasteiger partial charge in [0.25, 0.3) is 0 Å². The van der Waals surface area contributed by atoms with Crippen LogP contribution in [-0.4, -0.2) is 11.3 Å². The Balaban J connectivity index is 1.43. The Morgan fingerprint density at radius 1 is 0.545 bits per heavy atom. The summed E-state index contributed by atoms with van der Waals surface area (Å²) in [5.41, 5.74) is 13.1. The van der Waals surface area contributed by atoms with Crippen molar-refractivity contribution in [2.75, 3.05) is 4.90 Å². The molecule has 0 unspecified atom stereocenters. The quantitative estimate of drug-likeness (QED) is 0.187. The van der Waals surface area contributed by atoms with Gasteiger partial charge in [-0.25, -0.2) is 0 Å². The molecule has 202 valence electrons. The predicted molar refractivity (Wildman–Crippen MR) is 185 cm³/mol. The minimum absolute atomic E-state index is 0.00469. The minimum Gasteiger partial charge on any atom is -0.456 e. The molecule has 2 aromatic heterocycles. The van der Waals surface area contributed by atoms with E-state index >= 15 is 0 Å². The number of hydrogen-bond acceptors (Lipinski definition) is 2. The highest BCUT2D eigenvalue weighted by Gasteiger charge is 2.44. The van der Waals surface area contributed by atoms with Crippen LogP contribution in [0.15, 0.2) is 144 Å². The van der Waals surface area contributed by atoms with E-state index in [0.29, 0.717) is 0 Å². The zero-order valence-corrected chi connectivity index (χ0v) is 23.7. The molecule has 0 radical (unpaired) electrons. The van der Waals surface area contributed by atoms with E-state index in [4.69, 9.17) is 4.42 Å². The average molecular weight is 558 g/mol. The number of nitrogens with zero attached hydrogens (tertiary/aromatic N) is 2. The molecule has 9 aromatic rings. The fraction of sp³-hybridized carbons (Fsp3) is 0. The Bertz CT molecular complexity index is 2680. The number of anilines is 3. The van der Waals surface area contributed by atoms with Crippen LogP contribution in [-0.2, 0) is 0 Å². The van der Waals surface area contributed by atoms with Gasteiger partial charge in [0.15, 0.2) is 0 Å². The van der Waals surface area contributed by atoms with Gasteiger partial charge < -0.3 is 13.8 Å². The zero-order chi connectivity index (χ0) is 28.5. The molecule has 0 aliphatic carbocycles. The van der Waals surface area contributed by atoms with Crippen LogP contribution in [0.3, 0.4) is 0 Å². The summed E-state index contributed by atoms with van der Waals surface area (Å²) in [7, 11) is 0. The monoisotopic (exact) mass is 558 g/mol. The molecule has 0 atom stereocenters. The molecule has 0 bridgehead atoms. The Hall–Kier alpha value is -5.74. The summed E-state index contributed by atoms with van der Waals surface area (Å²) in [6, 6.07) is 50.9. The minimum atomic E-state index is -0.00469. The largest absolute Gasteiger partial charge is 0.456 e. The van der Waals surface area contributed by atoms with Crippen molar-refractivity contribution in [1.29, 1.82) is 0 Å². The predicted octanol–water partition coefficient (Wildman–Crippen LogP) is 9.26. The lowest BCUT2D eigenvalue weighted by Gasteiger charge is -2.41. The van der Waals surface area contributed by atoms with Crippen LogP contribution < -0.4 is 15.8 Å². The fourth-order valence-electron chi connectivity index (χ4n) is 8.20. The average Bonchev–Trinajstić information content (AvgIpc) is 3.62. The highest BCUT2D eigenvalue weighted by Crippen LogP contribution is 2.49. The van der Waals surface area contributed by atoms with Crippen molar-refractivity contribution in [2.24, 2.45) is 0 Å². The lowest BCUT2D eigenvalue weighted by molar-refractivity contribution is 0.669. The van der Waals surface area contributed by atoms with Crippen molar-refractivity contribution in [3.8, 4) is 11.1 Å². The summed E-state index contributed by atoms with van der Waals surface area (Å²) >= 11 is 0. The SMILES string of the molecule is c1ccc(N2c3cc4ccccc4cc3B3c4c(cc5oc6ccccc6c5c42)-c2cccc4c5ccccc5n3c24)cc1. The van der Waals surface area contributed by atoms with Crippen LogP contribution in [0.4, 0.5) is 17.1 Å². The van der Waals surface area contributed by atoms with Crippen molar-refractivity contribution < 1.29 is 4.42 Å². The van der Waals surface area contributed by atoms with Gasteiger partial charge in [0, 0.05) is 44.1 Å². The van der Waals surface area contributed by atoms with Crippen molar-refractivity contribution >= 4 is 89.4 Å². The van der Waals surface area contributed by atoms with Crippen molar-refractivity contribution in [1.82, 2.24) is 4.48 Å². The molecule has 0 saturated heterocycles. The second-order valence-electron chi connectivity index (χ2n) is 12.1. The molecule has 44 heavy (non-hydrogen) atoms. The van der Waals surface area contributed by atoms with E-state index in [0.717, 1.165) is 22.2 Å². The Labute approximate surface area is 253 Å².